The topological polar surface area (TPSA) is 712 Å². The number of guanidine groups is 1. The Morgan fingerprint density at radius 3 is 1.38 bits per heavy atom. The molecule has 43 nitrogen and oxygen atoms in total. The first-order chi connectivity index (χ1) is 57.8. The van der Waals surface area contributed by atoms with E-state index in [1.807, 2.05) is 5.32 Å². The molecule has 0 spiro atoms. The summed E-state index contributed by atoms with van der Waals surface area (Å²) in [6.07, 6.45) is -5.23. The van der Waals surface area contributed by atoms with Crippen molar-refractivity contribution in [3.8, 4) is 11.5 Å². The first kappa shape index (κ1) is 97.0. The maximum Gasteiger partial charge on any atom is 0.326 e. The first-order valence-electron chi connectivity index (χ1n) is 38.8. The number of nitrogens with two attached hydrogens (primary N) is 2. The Morgan fingerprint density at radius 1 is 0.459 bits per heavy atom. The van der Waals surface area contributed by atoms with Gasteiger partial charge in [0.2, 0.25) is 70.9 Å². The Labute approximate surface area is 696 Å². The van der Waals surface area contributed by atoms with Gasteiger partial charge in [0, 0.05) is 62.3 Å². The van der Waals surface area contributed by atoms with Crippen LogP contribution >= 0.6 is 0 Å². The number of aliphatic carboxylic acids is 5. The lowest BCUT2D eigenvalue weighted by Gasteiger charge is -2.31. The van der Waals surface area contributed by atoms with E-state index in [-0.39, 0.29) is 87.5 Å². The molecule has 5 aromatic rings. The molecule has 1 saturated heterocycles. The van der Waals surface area contributed by atoms with Crippen molar-refractivity contribution >= 4 is 118 Å². The number of carboxylic acids is 5. The summed E-state index contributed by atoms with van der Waals surface area (Å²) in [5.41, 5.74) is 14.0. The minimum atomic E-state index is -2.10. The molecular weight excluding hydrogens is 1600 g/mol. The van der Waals surface area contributed by atoms with Gasteiger partial charge >= 0.3 is 29.8 Å². The predicted octanol–water partition coefficient (Wildman–Crippen LogP) is -4.44. The number of aromatic hydroxyl groups is 2. The minimum Gasteiger partial charge on any atom is -0.508 e. The molecule has 660 valence electrons. The molecule has 0 unspecified atom stereocenters. The Balaban J connectivity index is 1.19. The first-order valence-corrected chi connectivity index (χ1v) is 38.8. The number of phenols is 2. The number of fused-ring (bicyclic) bond motifs is 1. The number of aliphatic hydroxyl groups excluding tert-OH is 2. The number of hydrogen-bond donors (Lipinski definition) is 25. The number of nitrogens with one attached hydrogen (secondary N) is 14. The molecule has 6 rings (SSSR count). The number of benzene rings is 4. The minimum absolute atomic E-state index is 0.0595. The molecule has 4 aromatic carbocycles. The van der Waals surface area contributed by atoms with Gasteiger partial charge in [-0.15, -0.1) is 0 Å². The van der Waals surface area contributed by atoms with Gasteiger partial charge in [-0.05, 0) is 110 Å². The number of phenolic OH excluding ortho intramolecular Hbond substituents is 2. The molecule has 0 radical (unpaired) electrons. The fourth-order valence-electron chi connectivity index (χ4n) is 13.1. The molecule has 0 saturated carbocycles. The van der Waals surface area contributed by atoms with Crippen LogP contribution in [0, 0.1) is 11.3 Å². The predicted molar refractivity (Wildman–Crippen MR) is 428 cm³/mol. The van der Waals surface area contributed by atoms with Gasteiger partial charge in [-0.1, -0.05) is 86.6 Å². The zero-order valence-electron chi connectivity index (χ0n) is 66.5. The number of aliphatic hydroxyl groups is 2. The Kier molecular flexibility index (Phi) is 37.9. The highest BCUT2D eigenvalue weighted by Gasteiger charge is 2.42. The smallest absolute Gasteiger partial charge is 0.326 e. The Morgan fingerprint density at radius 2 is 0.869 bits per heavy atom. The quantitative estimate of drug-likeness (QED) is 0.00992. The standard InChI is InChI=1S/C79H103N17O26/c1-40(2)30-53(69(112)87-52(25-27-63(103)104)77(120)96-29-9-15-61(96)76(119)92-56(34-44-37-84-49-13-7-6-12-47(44)49)72(115)91-57(35-64(105)106)73(116)93-58(78(121)122)36-65(107)108)88-74(117)59(38-97)95-75(118)60(39-98)94-68(111)51(24-26-62(101)102)86-70(113)54(32-42-16-20-45(99)21-17-42)90-71(114)55(33-43-18-22-46(100)23-19-43)89-67(110)50(14-8-28-83-79(81)82)85-66(109)48(80)31-41-10-4-3-5-11-41/h3-7,10-13,16-23,37,40,48,50-61,84,97-100H,8-9,14-15,24-36,38-39,80H2,1-2H3,(H,85,109)(H,86,113)(H,87,112)(H,88,117)(H,89,110)(H,90,114)(H,91,115)(H,92,119)(H,93,116)(H,94,111)(H,95,118)(H,101,102)(H,103,104)(H,105,106)(H,107,108)(H,121,122)(H4,81,82,83)/t48-,50-,51-,52-,53-,54-,55-,56-,57-,58-,59-,60-,61-/m0/s1. The van der Waals surface area contributed by atoms with Gasteiger partial charge in [0.05, 0.1) is 32.1 Å². The molecule has 13 atom stereocenters. The van der Waals surface area contributed by atoms with Crippen LogP contribution in [-0.4, -0.2) is 267 Å². The van der Waals surface area contributed by atoms with Gasteiger partial charge in [-0.3, -0.25) is 82.1 Å². The summed E-state index contributed by atoms with van der Waals surface area (Å²) in [5, 5.41) is 126. The lowest BCUT2D eigenvalue weighted by Crippen LogP contribution is -2.62. The van der Waals surface area contributed by atoms with Crippen LogP contribution in [0.1, 0.15) is 107 Å². The highest BCUT2D eigenvalue weighted by atomic mass is 16.4. The summed E-state index contributed by atoms with van der Waals surface area (Å²) in [6, 6.07) is 3.14. The summed E-state index contributed by atoms with van der Waals surface area (Å²) in [7, 11) is 0. The normalized spacial score (nSPS) is 15.3. The van der Waals surface area contributed by atoms with E-state index < -0.39 is 243 Å². The zero-order chi connectivity index (χ0) is 90.0. The third kappa shape index (κ3) is 31.5. The van der Waals surface area contributed by atoms with Crippen molar-refractivity contribution in [3.63, 3.8) is 0 Å². The average Bonchev–Trinajstić information content (AvgIpc) is 1.63. The van der Waals surface area contributed by atoms with E-state index in [4.69, 9.17) is 16.9 Å². The van der Waals surface area contributed by atoms with Crippen molar-refractivity contribution < 1.29 is 127 Å². The van der Waals surface area contributed by atoms with Crippen LogP contribution in [0.5, 0.6) is 11.5 Å². The van der Waals surface area contributed by atoms with Crippen molar-refractivity contribution in [3.05, 3.63) is 132 Å². The van der Waals surface area contributed by atoms with Gasteiger partial charge in [0.1, 0.15) is 84.0 Å². The second kappa shape index (κ2) is 47.7. The summed E-state index contributed by atoms with van der Waals surface area (Å²) >= 11 is 0. The number of rotatable bonds is 50. The Bertz CT molecular complexity index is 4550. The fraction of sp³-hybridized carbons (Fsp3) is 0.443. The lowest BCUT2D eigenvalue weighted by atomic mass is 10.0. The number of likely N-dealkylation sites (tertiary alicyclic amines) is 1. The van der Waals surface area contributed by atoms with Gasteiger partial charge in [0.15, 0.2) is 5.96 Å². The largest absolute Gasteiger partial charge is 0.508 e. The maximum atomic E-state index is 14.8. The molecule has 27 N–H and O–H groups in total. The number of para-hydroxylation sites is 1. The highest BCUT2D eigenvalue weighted by molar-refractivity contribution is 6.01. The van der Waals surface area contributed by atoms with Crippen LogP contribution in [0.2, 0.25) is 0 Å². The SMILES string of the molecule is CC(C)C[C@H](NC(=O)[C@H](CO)NC(=O)[C@H](CO)NC(=O)[C@H](CCC(=O)O)NC(=O)[C@H](Cc1ccc(O)cc1)NC(=O)[C@H](Cc1ccc(O)cc1)NC(=O)[C@H](CCCNC(=N)N)NC(=O)[C@@H](N)Cc1ccccc1)C(=O)N[C@@H](CCC(=O)O)C(=O)N1CCC[C@H]1C(=O)N[C@@H](Cc1c[nH]c2ccccc12)C(=O)N[C@@H](CC(=O)O)C(=O)N[C@@H](CC(=O)O)C(=O)O. The summed E-state index contributed by atoms with van der Waals surface area (Å²) in [4.78, 5) is 235. The second-order valence-corrected chi connectivity index (χ2v) is 29.3. The summed E-state index contributed by atoms with van der Waals surface area (Å²) in [5.74, 6) is -23.2. The van der Waals surface area contributed by atoms with Gasteiger partial charge in [-0.2, -0.15) is 0 Å². The highest BCUT2D eigenvalue weighted by Crippen LogP contribution is 2.24. The van der Waals surface area contributed by atoms with E-state index >= 15 is 0 Å². The third-order valence-electron chi connectivity index (χ3n) is 19.4. The van der Waals surface area contributed by atoms with Crippen molar-refractivity contribution in [2.24, 2.45) is 17.4 Å². The number of aromatic amines is 1. The number of carboxylic acid groups (broad SMARTS) is 5. The second-order valence-electron chi connectivity index (χ2n) is 29.3. The van der Waals surface area contributed by atoms with Crippen LogP contribution < -0.4 is 75.3 Å². The summed E-state index contributed by atoms with van der Waals surface area (Å²) < 4.78 is 0. The molecule has 122 heavy (non-hydrogen) atoms. The maximum absolute atomic E-state index is 14.8. The molecule has 1 aliphatic rings. The fourth-order valence-corrected chi connectivity index (χ4v) is 13.1. The van der Waals surface area contributed by atoms with Crippen LogP contribution in [0.25, 0.3) is 10.9 Å². The monoisotopic (exact) mass is 1710 g/mol. The number of carbonyl (C=O) groups is 17. The molecule has 1 aliphatic heterocycles. The molecule has 1 aromatic heterocycles. The van der Waals surface area contributed by atoms with E-state index in [1.54, 1.807) is 68.4 Å². The van der Waals surface area contributed by atoms with E-state index in [1.165, 1.54) is 54.7 Å². The van der Waals surface area contributed by atoms with E-state index in [0.717, 1.165) is 4.90 Å². The van der Waals surface area contributed by atoms with E-state index in [0.29, 0.717) is 27.6 Å². The third-order valence-corrected chi connectivity index (χ3v) is 19.4. The number of hydrogen-bond acceptors (Lipinski definition) is 23. The molecule has 43 heteroatoms. The molecular formula is C79H103N17O26. The molecule has 0 aliphatic carbocycles. The van der Waals surface area contributed by atoms with Crippen LogP contribution in [0.3, 0.4) is 0 Å². The van der Waals surface area contributed by atoms with Crippen molar-refractivity contribution in [1.29, 1.82) is 5.41 Å². The lowest BCUT2D eigenvalue weighted by molar-refractivity contribution is -0.148. The van der Waals surface area contributed by atoms with E-state index in [2.05, 4.69) is 63.5 Å². The van der Waals surface area contributed by atoms with Crippen molar-refractivity contribution in [2.75, 3.05) is 26.3 Å². The van der Waals surface area contributed by atoms with Gasteiger partial charge in [0.25, 0.3) is 0 Å². The molecule has 2 heterocycles. The van der Waals surface area contributed by atoms with Crippen LogP contribution in [0.15, 0.2) is 109 Å². The number of aromatic nitrogens is 1. The average molecular weight is 1710 g/mol. The Hall–Kier alpha value is -13.8. The van der Waals surface area contributed by atoms with Crippen LogP contribution in [-0.2, 0) is 107 Å². The number of carbonyl (C=O) groups excluding carboxylic acids is 12. The zero-order valence-corrected chi connectivity index (χ0v) is 66.5. The van der Waals surface area contributed by atoms with Crippen molar-refractivity contribution in [1.82, 2.24) is 73.7 Å². The molecule has 1 fully saturated rings. The number of amides is 12. The number of nitrogens with zero attached hydrogens (tertiary/aromatic N) is 1. The molecule has 12 amide bonds. The van der Waals surface area contributed by atoms with Gasteiger partial charge in [-0.25, -0.2) is 4.79 Å². The molecule has 0 bridgehead atoms. The summed E-state index contributed by atoms with van der Waals surface area (Å²) in [6.45, 7) is 0.504. The van der Waals surface area contributed by atoms with Crippen LogP contribution in [0.4, 0.5) is 0 Å². The number of H-pyrrole nitrogens is 1. The van der Waals surface area contributed by atoms with E-state index in [9.17, 15) is 127 Å². The van der Waals surface area contributed by atoms with Crippen molar-refractivity contribution in [2.45, 2.75) is 189 Å². The van der Waals surface area contributed by atoms with Gasteiger partial charge < -0.3 is 131 Å².